The second kappa shape index (κ2) is 6.54. The third kappa shape index (κ3) is 3.60. The molecule has 24 heavy (non-hydrogen) atoms. The second-order valence-electron chi connectivity index (χ2n) is 5.71. The third-order valence-corrected chi connectivity index (χ3v) is 3.88. The van der Waals surface area contributed by atoms with E-state index in [4.69, 9.17) is 0 Å². The number of hydrogen-bond acceptors (Lipinski definition) is 4. The zero-order valence-corrected chi connectivity index (χ0v) is 12.8. The fourth-order valence-electron chi connectivity index (χ4n) is 2.60. The van der Waals surface area contributed by atoms with Gasteiger partial charge in [0.2, 0.25) is 0 Å². The predicted molar refractivity (Wildman–Crippen MR) is 88.3 cm³/mol. The van der Waals surface area contributed by atoms with Gasteiger partial charge in [-0.25, -0.2) is 0 Å². The maximum atomic E-state index is 11.8. The minimum Gasteiger partial charge on any atom is -0.290 e. The van der Waals surface area contributed by atoms with Gasteiger partial charge in [0, 0.05) is 24.0 Å². The van der Waals surface area contributed by atoms with Gasteiger partial charge in [-0.3, -0.25) is 19.2 Å². The molecule has 0 spiro atoms. The van der Waals surface area contributed by atoms with E-state index in [1.165, 1.54) is 36.5 Å². The van der Waals surface area contributed by atoms with Gasteiger partial charge in [0.15, 0.2) is 23.1 Å². The summed E-state index contributed by atoms with van der Waals surface area (Å²) in [5.74, 6) is -0.660. The van der Waals surface area contributed by atoms with Crippen molar-refractivity contribution in [2.24, 2.45) is 0 Å². The molecule has 0 radical (unpaired) electrons. The first-order chi connectivity index (χ1) is 11.5. The predicted octanol–water partition coefficient (Wildman–Crippen LogP) is 2.04. The van der Waals surface area contributed by atoms with E-state index in [1.54, 1.807) is 0 Å². The molecule has 4 nitrogen and oxygen atoms in total. The van der Waals surface area contributed by atoms with Gasteiger partial charge >= 0.3 is 0 Å². The zero-order valence-electron chi connectivity index (χ0n) is 12.8. The van der Waals surface area contributed by atoms with Gasteiger partial charge in [-0.2, -0.15) is 0 Å². The first kappa shape index (κ1) is 15.7. The van der Waals surface area contributed by atoms with E-state index in [0.29, 0.717) is 24.0 Å². The van der Waals surface area contributed by atoms with Crippen LogP contribution < -0.4 is 0 Å². The number of benzene rings is 1. The molecule has 0 N–H and O–H groups in total. The number of carbonyl (C=O) groups excluding carboxylic acids is 4. The van der Waals surface area contributed by atoms with Crippen LogP contribution in [0.1, 0.15) is 11.1 Å². The summed E-state index contributed by atoms with van der Waals surface area (Å²) in [6.07, 6.45) is 8.60. The molecular formula is C20H14O4. The molecule has 3 rings (SSSR count). The van der Waals surface area contributed by atoms with Crippen LogP contribution in [0.25, 0.3) is 0 Å². The molecule has 4 heteroatoms. The van der Waals surface area contributed by atoms with E-state index in [9.17, 15) is 19.2 Å². The van der Waals surface area contributed by atoms with Crippen LogP contribution in [0.3, 0.4) is 0 Å². The maximum Gasteiger partial charge on any atom is 0.182 e. The van der Waals surface area contributed by atoms with Gasteiger partial charge in [0.1, 0.15) is 0 Å². The van der Waals surface area contributed by atoms with E-state index in [1.807, 2.05) is 24.3 Å². The Morgan fingerprint density at radius 1 is 0.542 bits per heavy atom. The summed E-state index contributed by atoms with van der Waals surface area (Å²) < 4.78 is 0. The number of hydrogen-bond donors (Lipinski definition) is 0. The molecule has 1 aromatic rings. The van der Waals surface area contributed by atoms with E-state index in [-0.39, 0.29) is 23.1 Å². The topological polar surface area (TPSA) is 68.3 Å². The van der Waals surface area contributed by atoms with Crippen molar-refractivity contribution in [2.45, 2.75) is 12.8 Å². The Morgan fingerprint density at radius 2 is 0.917 bits per heavy atom. The van der Waals surface area contributed by atoms with Crippen molar-refractivity contribution in [3.63, 3.8) is 0 Å². The maximum absolute atomic E-state index is 11.8. The quantitative estimate of drug-likeness (QED) is 0.797. The Bertz CT molecular complexity index is 788. The SMILES string of the molecule is O=C1C=CC(=O)C(Cc2ccc(CC3=CC(=O)C=CC3=O)cc2)=C1. The van der Waals surface area contributed by atoms with Crippen molar-refractivity contribution in [3.05, 3.63) is 83.0 Å². The van der Waals surface area contributed by atoms with Crippen LogP contribution in [0.2, 0.25) is 0 Å². The summed E-state index contributed by atoms with van der Waals surface area (Å²) >= 11 is 0. The van der Waals surface area contributed by atoms with Crippen LogP contribution >= 0.6 is 0 Å². The highest BCUT2D eigenvalue weighted by Crippen LogP contribution is 2.17. The van der Waals surface area contributed by atoms with Crippen molar-refractivity contribution < 1.29 is 19.2 Å². The molecule has 0 saturated heterocycles. The van der Waals surface area contributed by atoms with Gasteiger partial charge < -0.3 is 0 Å². The smallest absolute Gasteiger partial charge is 0.182 e. The minimum atomic E-state index is -0.179. The Hall–Kier alpha value is -3.14. The van der Waals surface area contributed by atoms with Crippen LogP contribution in [-0.2, 0) is 32.0 Å². The Labute approximate surface area is 138 Å². The van der Waals surface area contributed by atoms with E-state index < -0.39 is 0 Å². The molecule has 1 aromatic carbocycles. The Kier molecular flexibility index (Phi) is 4.29. The molecule has 118 valence electrons. The fraction of sp³-hybridized carbons (Fsp3) is 0.100. The minimum absolute atomic E-state index is 0.151. The van der Waals surface area contributed by atoms with Gasteiger partial charge in [-0.1, -0.05) is 24.3 Å². The monoisotopic (exact) mass is 318 g/mol. The standard InChI is InChI=1S/C20H14O4/c21-17-5-7-19(23)15(11-17)9-13-1-2-14(4-3-13)10-16-12-18(22)6-8-20(16)24/h1-8,11-12H,9-10H2. The Morgan fingerprint density at radius 3 is 1.29 bits per heavy atom. The molecule has 0 saturated carbocycles. The molecule has 0 heterocycles. The third-order valence-electron chi connectivity index (χ3n) is 3.88. The first-order valence-corrected chi connectivity index (χ1v) is 7.53. The highest BCUT2D eigenvalue weighted by atomic mass is 16.1. The van der Waals surface area contributed by atoms with Crippen molar-refractivity contribution in [1.82, 2.24) is 0 Å². The fourth-order valence-corrected chi connectivity index (χ4v) is 2.60. The normalized spacial score (nSPS) is 17.2. The number of ketones is 4. The number of rotatable bonds is 4. The van der Waals surface area contributed by atoms with Crippen molar-refractivity contribution >= 4 is 23.1 Å². The van der Waals surface area contributed by atoms with Crippen LogP contribution in [0, 0.1) is 0 Å². The lowest BCUT2D eigenvalue weighted by Crippen LogP contribution is -2.10. The molecule has 0 aromatic heterocycles. The molecule has 0 bridgehead atoms. The van der Waals surface area contributed by atoms with Gasteiger partial charge in [-0.15, -0.1) is 0 Å². The van der Waals surface area contributed by atoms with Crippen LogP contribution in [0.15, 0.2) is 71.9 Å². The molecule has 2 aliphatic rings. The lowest BCUT2D eigenvalue weighted by Gasteiger charge is -2.09. The summed E-state index contributed by atoms with van der Waals surface area (Å²) in [6, 6.07) is 7.44. The summed E-state index contributed by atoms with van der Waals surface area (Å²) in [7, 11) is 0. The van der Waals surface area contributed by atoms with Crippen molar-refractivity contribution in [2.75, 3.05) is 0 Å². The van der Waals surface area contributed by atoms with E-state index in [0.717, 1.165) is 11.1 Å². The van der Waals surface area contributed by atoms with Crippen LogP contribution in [0.5, 0.6) is 0 Å². The van der Waals surface area contributed by atoms with Gasteiger partial charge in [-0.05, 0) is 47.6 Å². The molecule has 0 fully saturated rings. The molecule has 0 amide bonds. The molecule has 0 aliphatic heterocycles. The largest absolute Gasteiger partial charge is 0.290 e. The average molecular weight is 318 g/mol. The molecular weight excluding hydrogens is 304 g/mol. The summed E-state index contributed by atoms with van der Waals surface area (Å²) in [6.45, 7) is 0. The van der Waals surface area contributed by atoms with E-state index in [2.05, 4.69) is 0 Å². The highest BCUT2D eigenvalue weighted by Gasteiger charge is 2.15. The van der Waals surface area contributed by atoms with Crippen LogP contribution in [-0.4, -0.2) is 23.1 Å². The summed E-state index contributed by atoms with van der Waals surface area (Å²) in [4.78, 5) is 46.2. The summed E-state index contributed by atoms with van der Waals surface area (Å²) in [5, 5.41) is 0. The molecule has 0 unspecified atom stereocenters. The molecule has 2 aliphatic carbocycles. The highest BCUT2D eigenvalue weighted by molar-refractivity contribution is 6.18. The lowest BCUT2D eigenvalue weighted by atomic mass is 9.94. The Balaban J connectivity index is 1.70. The van der Waals surface area contributed by atoms with E-state index >= 15 is 0 Å². The second-order valence-corrected chi connectivity index (χ2v) is 5.71. The van der Waals surface area contributed by atoms with Gasteiger partial charge in [0.25, 0.3) is 0 Å². The van der Waals surface area contributed by atoms with Gasteiger partial charge in [0.05, 0.1) is 0 Å². The first-order valence-electron chi connectivity index (χ1n) is 7.53. The van der Waals surface area contributed by atoms with Crippen molar-refractivity contribution in [1.29, 1.82) is 0 Å². The zero-order chi connectivity index (χ0) is 17.1. The average Bonchev–Trinajstić information content (AvgIpc) is 2.56. The number of carbonyl (C=O) groups is 4. The van der Waals surface area contributed by atoms with Crippen LogP contribution in [0.4, 0.5) is 0 Å². The number of allylic oxidation sites excluding steroid dienone is 8. The van der Waals surface area contributed by atoms with Crippen molar-refractivity contribution in [3.8, 4) is 0 Å². The summed E-state index contributed by atoms with van der Waals surface area (Å²) in [5.41, 5.74) is 2.75. The lowest BCUT2D eigenvalue weighted by molar-refractivity contribution is -0.114. The molecule has 0 atom stereocenters.